The maximum atomic E-state index is 12.1. The largest absolute Gasteiger partial charge is 0.489 e. The van der Waals surface area contributed by atoms with Gasteiger partial charge in [0.15, 0.2) is 0 Å². The number of aryl methyl sites for hydroxylation is 1. The molecule has 4 N–H and O–H groups in total. The molecule has 2 aliphatic rings. The lowest BCUT2D eigenvalue weighted by Gasteiger charge is -2.30. The van der Waals surface area contributed by atoms with Crippen LogP contribution in [0.15, 0.2) is 30.5 Å². The number of ether oxygens (including phenoxy) is 1. The number of piperidine rings is 1. The van der Waals surface area contributed by atoms with Crippen LogP contribution in [0.1, 0.15) is 75.2 Å². The number of rotatable bonds is 11. The topological polar surface area (TPSA) is 132 Å². The lowest BCUT2D eigenvalue weighted by Crippen LogP contribution is -2.35. The van der Waals surface area contributed by atoms with E-state index in [2.05, 4.69) is 23.9 Å². The van der Waals surface area contributed by atoms with Crippen molar-refractivity contribution in [2.75, 3.05) is 33.2 Å². The Bertz CT molecular complexity index is 1390. The third-order valence-corrected chi connectivity index (χ3v) is 9.09. The molecule has 0 atom stereocenters. The number of imide groups is 1. The van der Waals surface area contributed by atoms with Crippen molar-refractivity contribution in [1.29, 1.82) is 0 Å². The molecule has 2 fully saturated rings. The molecule has 2 saturated heterocycles. The fourth-order valence-corrected chi connectivity index (χ4v) is 6.54. The molecule has 0 saturated carbocycles. The Morgan fingerprint density at radius 2 is 1.73 bits per heavy atom. The first kappa shape index (κ1) is 36.6. The van der Waals surface area contributed by atoms with Crippen molar-refractivity contribution >= 4 is 51.3 Å². The number of fused-ring (bicyclic) bond motifs is 1. The SMILES string of the molecule is CCCN.Cc1cc(Cl)cc(-c2ccnc3cc(CN4C(=O)CCC4=O)sc23)c1OC1CCN(C)CC1.NCCCCCC=O. The summed E-state index contributed by atoms with van der Waals surface area (Å²) in [5.41, 5.74) is 14.1. The number of likely N-dealkylation sites (tertiary alicyclic amines) is 2. The minimum Gasteiger partial charge on any atom is -0.489 e. The van der Waals surface area contributed by atoms with Crippen LogP contribution in [0, 0.1) is 6.92 Å². The Labute approximate surface area is 276 Å². The van der Waals surface area contributed by atoms with Crippen molar-refractivity contribution in [2.24, 2.45) is 11.5 Å². The molecule has 4 heterocycles. The number of hydrogen-bond donors (Lipinski definition) is 2. The number of pyridine rings is 1. The van der Waals surface area contributed by atoms with E-state index in [4.69, 9.17) is 27.8 Å². The molecular weight excluding hydrogens is 610 g/mol. The Balaban J connectivity index is 0.000000393. The van der Waals surface area contributed by atoms with Gasteiger partial charge in [0.05, 0.1) is 16.8 Å². The zero-order valence-electron chi connectivity index (χ0n) is 26.9. The number of thiophene rings is 1. The predicted octanol–water partition coefficient (Wildman–Crippen LogP) is 6.11. The number of aromatic nitrogens is 1. The maximum Gasteiger partial charge on any atom is 0.230 e. The number of nitrogens with zero attached hydrogens (tertiary/aromatic N) is 3. The molecule has 11 heteroatoms. The van der Waals surface area contributed by atoms with Crippen LogP contribution >= 0.6 is 22.9 Å². The maximum absolute atomic E-state index is 12.1. The van der Waals surface area contributed by atoms with Crippen molar-refractivity contribution < 1.29 is 19.1 Å². The van der Waals surface area contributed by atoms with Gasteiger partial charge >= 0.3 is 0 Å². The fourth-order valence-electron chi connectivity index (χ4n) is 5.14. The molecule has 1 aromatic carbocycles. The number of carbonyl (C=O) groups excluding carboxylic acids is 3. The molecule has 0 unspecified atom stereocenters. The summed E-state index contributed by atoms with van der Waals surface area (Å²) in [6, 6.07) is 7.86. The quantitative estimate of drug-likeness (QED) is 0.144. The number of benzene rings is 1. The molecule has 0 aliphatic carbocycles. The van der Waals surface area contributed by atoms with Gasteiger partial charge in [0.2, 0.25) is 11.8 Å². The van der Waals surface area contributed by atoms with E-state index in [1.165, 1.54) is 4.90 Å². The van der Waals surface area contributed by atoms with Crippen LogP contribution in [0.5, 0.6) is 5.75 Å². The first-order valence-electron chi connectivity index (χ1n) is 15.9. The molecule has 0 radical (unpaired) electrons. The van der Waals surface area contributed by atoms with E-state index in [1.54, 1.807) is 17.5 Å². The summed E-state index contributed by atoms with van der Waals surface area (Å²) >= 11 is 8.04. The summed E-state index contributed by atoms with van der Waals surface area (Å²) in [4.78, 5) is 43.1. The molecule has 246 valence electrons. The van der Waals surface area contributed by atoms with Gasteiger partial charge in [0.25, 0.3) is 0 Å². The summed E-state index contributed by atoms with van der Waals surface area (Å²) < 4.78 is 7.57. The van der Waals surface area contributed by atoms with Gasteiger partial charge in [-0.3, -0.25) is 19.5 Å². The van der Waals surface area contributed by atoms with Crippen LogP contribution in [0.4, 0.5) is 0 Å². The first-order valence-corrected chi connectivity index (χ1v) is 17.1. The standard InChI is InChI=1S/C25H26ClN3O3S.C6H13NO.C3H9N/c1-15-11-16(26)12-20(24(15)32-17-6-9-28(2)10-7-17)19-5-8-27-21-13-18(33-25(19)21)14-29-22(30)3-4-23(29)31;7-5-3-1-2-4-6-8;1-2-3-4/h5,8,11-13,17H,3-4,6-7,9-10,14H2,1-2H3;6H,1-5,7H2;2-4H2,1H3. The molecule has 0 spiro atoms. The van der Waals surface area contributed by atoms with Crippen molar-refractivity contribution in [3.8, 4) is 16.9 Å². The van der Waals surface area contributed by atoms with Crippen LogP contribution in [0.2, 0.25) is 5.02 Å². The van der Waals surface area contributed by atoms with Crippen molar-refractivity contribution in [2.45, 2.75) is 84.3 Å². The van der Waals surface area contributed by atoms with Crippen LogP contribution in [0.25, 0.3) is 21.3 Å². The third-order valence-electron chi connectivity index (χ3n) is 7.73. The van der Waals surface area contributed by atoms with E-state index in [9.17, 15) is 14.4 Å². The molecule has 2 amide bonds. The van der Waals surface area contributed by atoms with Gasteiger partial charge in [0.1, 0.15) is 18.1 Å². The Hall–Kier alpha value is -2.89. The van der Waals surface area contributed by atoms with Crippen LogP contribution in [-0.2, 0) is 20.9 Å². The molecule has 0 bridgehead atoms. The monoisotopic (exact) mass is 657 g/mol. The second-order valence-corrected chi connectivity index (χ2v) is 13.0. The van der Waals surface area contributed by atoms with Gasteiger partial charge in [-0.25, -0.2) is 0 Å². The highest BCUT2D eigenvalue weighted by atomic mass is 35.5. The Morgan fingerprint density at radius 3 is 2.36 bits per heavy atom. The van der Waals surface area contributed by atoms with Gasteiger partial charge in [0, 0.05) is 59.6 Å². The summed E-state index contributed by atoms with van der Waals surface area (Å²) in [6.45, 7) is 8.00. The average Bonchev–Trinajstić information content (AvgIpc) is 3.60. The Morgan fingerprint density at radius 1 is 1.04 bits per heavy atom. The third kappa shape index (κ3) is 10.9. The highest BCUT2D eigenvalue weighted by Gasteiger charge is 2.29. The van der Waals surface area contributed by atoms with Gasteiger partial charge in [-0.1, -0.05) is 24.9 Å². The average molecular weight is 658 g/mol. The molecule has 5 rings (SSSR count). The number of aldehydes is 1. The molecule has 9 nitrogen and oxygen atoms in total. The predicted molar refractivity (Wildman–Crippen MR) is 184 cm³/mol. The number of carbonyl (C=O) groups is 3. The van der Waals surface area contributed by atoms with Crippen molar-refractivity contribution in [3.63, 3.8) is 0 Å². The minimum atomic E-state index is -0.107. The first-order chi connectivity index (χ1) is 21.7. The second kappa shape index (κ2) is 18.9. The van der Waals surface area contributed by atoms with E-state index in [0.717, 1.165) is 109 Å². The minimum absolute atomic E-state index is 0.107. The van der Waals surface area contributed by atoms with E-state index >= 15 is 0 Å². The lowest BCUT2D eigenvalue weighted by molar-refractivity contribution is -0.139. The number of unbranched alkanes of at least 4 members (excludes halogenated alkanes) is 3. The smallest absolute Gasteiger partial charge is 0.230 e. The van der Waals surface area contributed by atoms with Gasteiger partial charge in [-0.15, -0.1) is 11.3 Å². The molecule has 45 heavy (non-hydrogen) atoms. The number of amides is 2. The van der Waals surface area contributed by atoms with Crippen LogP contribution in [0.3, 0.4) is 0 Å². The number of nitrogens with two attached hydrogens (primary N) is 2. The number of halogens is 1. The number of hydrogen-bond acceptors (Lipinski definition) is 9. The van der Waals surface area contributed by atoms with E-state index < -0.39 is 0 Å². The van der Waals surface area contributed by atoms with Gasteiger partial charge < -0.3 is 25.9 Å². The van der Waals surface area contributed by atoms with E-state index in [1.807, 2.05) is 31.2 Å². The lowest BCUT2D eigenvalue weighted by atomic mass is 10.0. The van der Waals surface area contributed by atoms with Gasteiger partial charge in [-0.05, 0) is 89.0 Å². The van der Waals surface area contributed by atoms with E-state index in [0.29, 0.717) is 30.8 Å². The van der Waals surface area contributed by atoms with Crippen LogP contribution in [-0.4, -0.2) is 72.2 Å². The summed E-state index contributed by atoms with van der Waals surface area (Å²) in [5, 5.41) is 0.660. The normalized spacial score (nSPS) is 15.5. The van der Waals surface area contributed by atoms with Crippen molar-refractivity contribution in [3.05, 3.63) is 45.9 Å². The van der Waals surface area contributed by atoms with Crippen LogP contribution < -0.4 is 16.2 Å². The molecular formula is C34H48ClN5O4S. The highest BCUT2D eigenvalue weighted by Crippen LogP contribution is 2.42. The summed E-state index contributed by atoms with van der Waals surface area (Å²) in [5.74, 6) is 0.649. The zero-order valence-corrected chi connectivity index (χ0v) is 28.4. The highest BCUT2D eigenvalue weighted by molar-refractivity contribution is 7.19. The van der Waals surface area contributed by atoms with Gasteiger partial charge in [-0.2, -0.15) is 0 Å². The van der Waals surface area contributed by atoms with E-state index in [-0.39, 0.29) is 17.9 Å². The summed E-state index contributed by atoms with van der Waals surface area (Å²) in [6.07, 6.45) is 10.4. The Kier molecular flexibility index (Phi) is 15.4. The molecule has 2 aliphatic heterocycles. The van der Waals surface area contributed by atoms with Crippen molar-refractivity contribution in [1.82, 2.24) is 14.8 Å². The zero-order chi connectivity index (χ0) is 32.8. The molecule has 3 aromatic rings. The fraction of sp³-hybridized carbons (Fsp3) is 0.529. The summed E-state index contributed by atoms with van der Waals surface area (Å²) in [7, 11) is 2.14. The second-order valence-electron chi connectivity index (χ2n) is 11.5. The molecule has 2 aromatic heterocycles.